The van der Waals surface area contributed by atoms with E-state index >= 15 is 0 Å². The molecular formula is C23H13Cl2NO2. The summed E-state index contributed by atoms with van der Waals surface area (Å²) in [5.74, 6) is -0.988. The van der Waals surface area contributed by atoms with Crippen molar-refractivity contribution in [2.45, 2.75) is 0 Å². The van der Waals surface area contributed by atoms with Crippen LogP contribution in [0.1, 0.15) is 10.4 Å². The van der Waals surface area contributed by atoms with Crippen LogP contribution in [0.2, 0.25) is 10.0 Å². The van der Waals surface area contributed by atoms with Crippen LogP contribution in [0.25, 0.3) is 38.4 Å². The molecule has 5 aromatic rings. The summed E-state index contributed by atoms with van der Waals surface area (Å²) in [7, 11) is 0. The zero-order chi connectivity index (χ0) is 19.4. The molecule has 0 aliphatic heterocycles. The van der Waals surface area contributed by atoms with Gasteiger partial charge in [-0.05, 0) is 35.7 Å². The van der Waals surface area contributed by atoms with Gasteiger partial charge in [-0.25, -0.2) is 4.79 Å². The molecular weight excluding hydrogens is 393 g/mol. The standard InChI is InChI=1S/C23H13Cl2NO2/c24-14-6-3-5-13(11-14)22-17(23(27)28)12-20-15-7-1-2-8-16(15)21-18(25)9-4-10-19(21)26(20)22/h1-12H,(H,27,28). The second-order valence-electron chi connectivity index (χ2n) is 6.62. The first-order chi connectivity index (χ1) is 13.6. The van der Waals surface area contributed by atoms with Gasteiger partial charge < -0.3 is 9.51 Å². The minimum Gasteiger partial charge on any atom is -0.478 e. The SMILES string of the molecule is O=C(O)c1cc2c3ccccc3c3c(Cl)cccc3n2c1-c1cccc(Cl)c1. The molecule has 5 rings (SSSR count). The maximum atomic E-state index is 12.1. The largest absolute Gasteiger partial charge is 0.478 e. The van der Waals surface area contributed by atoms with Gasteiger partial charge in [0.25, 0.3) is 0 Å². The second-order valence-corrected chi connectivity index (χ2v) is 7.47. The van der Waals surface area contributed by atoms with E-state index in [1.54, 1.807) is 18.2 Å². The Morgan fingerprint density at radius 2 is 1.57 bits per heavy atom. The molecule has 0 aliphatic rings. The molecule has 0 amide bonds. The third kappa shape index (κ3) is 2.40. The summed E-state index contributed by atoms with van der Waals surface area (Å²) in [6, 6.07) is 22.5. The molecule has 2 aromatic heterocycles. The van der Waals surface area contributed by atoms with Crippen molar-refractivity contribution in [3.05, 3.63) is 88.4 Å². The fraction of sp³-hybridized carbons (Fsp3) is 0. The Morgan fingerprint density at radius 3 is 2.32 bits per heavy atom. The van der Waals surface area contributed by atoms with Gasteiger partial charge >= 0.3 is 5.97 Å². The van der Waals surface area contributed by atoms with Crippen molar-refractivity contribution in [2.75, 3.05) is 0 Å². The summed E-state index contributed by atoms with van der Waals surface area (Å²) in [6.45, 7) is 0. The van der Waals surface area contributed by atoms with Crippen LogP contribution in [0.4, 0.5) is 0 Å². The van der Waals surface area contributed by atoms with Crippen LogP contribution in [-0.4, -0.2) is 15.5 Å². The van der Waals surface area contributed by atoms with Crippen molar-refractivity contribution < 1.29 is 9.90 Å². The van der Waals surface area contributed by atoms with Crippen LogP contribution >= 0.6 is 23.2 Å². The number of nitrogens with zero attached hydrogens (tertiary/aromatic N) is 1. The Labute approximate surface area is 170 Å². The topological polar surface area (TPSA) is 41.7 Å². The van der Waals surface area contributed by atoms with Crippen molar-refractivity contribution in [3.8, 4) is 11.3 Å². The first kappa shape index (κ1) is 17.1. The predicted octanol–water partition coefficient (Wildman–Crippen LogP) is 6.92. The van der Waals surface area contributed by atoms with Gasteiger partial charge in [0, 0.05) is 21.4 Å². The van der Waals surface area contributed by atoms with Crippen LogP contribution in [0, 0.1) is 0 Å². The van der Waals surface area contributed by atoms with E-state index in [1.807, 2.05) is 59.0 Å². The zero-order valence-corrected chi connectivity index (χ0v) is 16.0. The Balaban J connectivity index is 2.11. The molecule has 1 N–H and O–H groups in total. The van der Waals surface area contributed by atoms with E-state index < -0.39 is 5.97 Å². The Morgan fingerprint density at radius 1 is 0.821 bits per heavy atom. The molecule has 0 unspecified atom stereocenters. The Bertz CT molecular complexity index is 1420. The molecule has 0 fully saturated rings. The van der Waals surface area contributed by atoms with Crippen LogP contribution < -0.4 is 0 Å². The number of carbonyl (C=O) groups is 1. The van der Waals surface area contributed by atoms with Crippen LogP contribution in [0.5, 0.6) is 0 Å². The van der Waals surface area contributed by atoms with Gasteiger partial charge in [-0.1, -0.05) is 65.7 Å². The quantitative estimate of drug-likeness (QED) is 0.324. The van der Waals surface area contributed by atoms with Gasteiger partial charge in [0.15, 0.2) is 0 Å². The summed E-state index contributed by atoms with van der Waals surface area (Å²) in [5, 5.41) is 13.9. The van der Waals surface area contributed by atoms with Gasteiger partial charge in [0.1, 0.15) is 0 Å². The lowest BCUT2D eigenvalue weighted by molar-refractivity contribution is 0.0698. The van der Waals surface area contributed by atoms with Crippen LogP contribution in [0.15, 0.2) is 72.8 Å². The summed E-state index contributed by atoms with van der Waals surface area (Å²) in [6.07, 6.45) is 0. The average Bonchev–Trinajstić information content (AvgIpc) is 3.09. The van der Waals surface area contributed by atoms with E-state index in [0.717, 1.165) is 32.8 Å². The van der Waals surface area contributed by atoms with Crippen molar-refractivity contribution >= 4 is 56.4 Å². The van der Waals surface area contributed by atoms with Crippen molar-refractivity contribution in [3.63, 3.8) is 0 Å². The highest BCUT2D eigenvalue weighted by Gasteiger charge is 2.22. The number of rotatable bonds is 2. The number of hydrogen-bond donors (Lipinski definition) is 1. The van der Waals surface area contributed by atoms with Gasteiger partial charge in [-0.3, -0.25) is 0 Å². The summed E-state index contributed by atoms with van der Waals surface area (Å²) in [4.78, 5) is 12.1. The summed E-state index contributed by atoms with van der Waals surface area (Å²) < 4.78 is 1.97. The number of pyridine rings is 1. The molecule has 5 heteroatoms. The van der Waals surface area contributed by atoms with E-state index in [9.17, 15) is 9.90 Å². The normalized spacial score (nSPS) is 11.5. The number of hydrogen-bond acceptors (Lipinski definition) is 1. The lowest BCUT2D eigenvalue weighted by Crippen LogP contribution is -1.99. The highest BCUT2D eigenvalue weighted by Crippen LogP contribution is 2.39. The molecule has 0 atom stereocenters. The van der Waals surface area contributed by atoms with E-state index in [1.165, 1.54) is 0 Å². The number of halogens is 2. The molecule has 2 heterocycles. The molecule has 0 aliphatic carbocycles. The number of benzene rings is 3. The fourth-order valence-corrected chi connectivity index (χ4v) is 4.39. The Kier molecular flexibility index (Phi) is 3.83. The second kappa shape index (κ2) is 6.26. The number of aromatic carboxylic acids is 1. The highest BCUT2D eigenvalue weighted by atomic mass is 35.5. The molecule has 0 spiro atoms. The summed E-state index contributed by atoms with van der Waals surface area (Å²) >= 11 is 12.8. The zero-order valence-electron chi connectivity index (χ0n) is 14.5. The van der Waals surface area contributed by atoms with Gasteiger partial charge in [-0.15, -0.1) is 0 Å². The molecule has 3 aromatic carbocycles. The molecule has 3 nitrogen and oxygen atoms in total. The molecule has 0 bridgehead atoms. The molecule has 0 saturated carbocycles. The number of carboxylic acids is 1. The van der Waals surface area contributed by atoms with Gasteiger partial charge in [-0.2, -0.15) is 0 Å². The van der Waals surface area contributed by atoms with E-state index in [-0.39, 0.29) is 5.56 Å². The monoisotopic (exact) mass is 405 g/mol. The van der Waals surface area contributed by atoms with Gasteiger partial charge in [0.05, 0.1) is 27.3 Å². The van der Waals surface area contributed by atoms with Gasteiger partial charge in [0.2, 0.25) is 0 Å². The first-order valence-electron chi connectivity index (χ1n) is 8.70. The molecule has 0 saturated heterocycles. The number of carboxylic acid groups (broad SMARTS) is 1. The van der Waals surface area contributed by atoms with E-state index in [0.29, 0.717) is 15.7 Å². The highest BCUT2D eigenvalue weighted by molar-refractivity contribution is 6.38. The molecule has 0 radical (unpaired) electrons. The minimum absolute atomic E-state index is 0.222. The maximum Gasteiger partial charge on any atom is 0.337 e. The summed E-state index contributed by atoms with van der Waals surface area (Å²) in [5.41, 5.74) is 3.21. The fourth-order valence-electron chi connectivity index (χ4n) is 3.93. The lowest BCUT2D eigenvalue weighted by atomic mass is 10.0. The smallest absolute Gasteiger partial charge is 0.337 e. The van der Waals surface area contributed by atoms with Crippen molar-refractivity contribution in [1.29, 1.82) is 0 Å². The number of aromatic nitrogens is 1. The number of fused-ring (bicyclic) bond motifs is 6. The lowest BCUT2D eigenvalue weighted by Gasteiger charge is -2.13. The molecule has 136 valence electrons. The average molecular weight is 406 g/mol. The molecule has 28 heavy (non-hydrogen) atoms. The maximum absolute atomic E-state index is 12.1. The Hall–Kier alpha value is -3.01. The van der Waals surface area contributed by atoms with Crippen LogP contribution in [0.3, 0.4) is 0 Å². The third-order valence-electron chi connectivity index (χ3n) is 5.03. The third-order valence-corrected chi connectivity index (χ3v) is 5.58. The predicted molar refractivity (Wildman–Crippen MR) is 115 cm³/mol. The minimum atomic E-state index is -0.988. The van der Waals surface area contributed by atoms with E-state index in [4.69, 9.17) is 23.2 Å². The first-order valence-corrected chi connectivity index (χ1v) is 9.45. The van der Waals surface area contributed by atoms with Crippen molar-refractivity contribution in [2.24, 2.45) is 0 Å². The van der Waals surface area contributed by atoms with Crippen molar-refractivity contribution in [1.82, 2.24) is 4.40 Å². The van der Waals surface area contributed by atoms with E-state index in [2.05, 4.69) is 0 Å². The van der Waals surface area contributed by atoms with Crippen LogP contribution in [-0.2, 0) is 0 Å².